The van der Waals surface area contributed by atoms with Crippen LogP contribution in [0, 0.1) is 0 Å². The van der Waals surface area contributed by atoms with Crippen LogP contribution in [0.3, 0.4) is 0 Å². The predicted octanol–water partition coefficient (Wildman–Crippen LogP) is 1.63. The lowest BCUT2D eigenvalue weighted by Gasteiger charge is -2.26. The van der Waals surface area contributed by atoms with E-state index in [4.69, 9.17) is 0 Å². The third-order valence-corrected chi connectivity index (χ3v) is 2.67. The number of benzene rings is 1. The Balaban J connectivity index is 2.31. The van der Waals surface area contributed by atoms with Gasteiger partial charge in [-0.25, -0.2) is 14.8 Å². The molecule has 0 saturated heterocycles. The molecule has 0 fully saturated rings. The lowest BCUT2D eigenvalue weighted by Crippen LogP contribution is -2.48. The van der Waals surface area contributed by atoms with Gasteiger partial charge >= 0.3 is 6.03 Å². The summed E-state index contributed by atoms with van der Waals surface area (Å²) >= 11 is 3.36. The summed E-state index contributed by atoms with van der Waals surface area (Å²) in [5.74, 6) is 0.525. The molecule has 1 aliphatic heterocycles. The maximum absolute atomic E-state index is 11.4. The lowest BCUT2D eigenvalue weighted by atomic mass is 10.2. The molecule has 1 aliphatic rings. The van der Waals surface area contributed by atoms with E-state index in [0.717, 1.165) is 10.0 Å². The van der Waals surface area contributed by atoms with E-state index in [1.807, 2.05) is 24.3 Å². The summed E-state index contributed by atoms with van der Waals surface area (Å²) in [6, 6.07) is 7.35. The van der Waals surface area contributed by atoms with Gasteiger partial charge in [0.05, 0.1) is 0 Å². The molecule has 2 amide bonds. The lowest BCUT2D eigenvalue weighted by molar-refractivity contribution is 0.155. The zero-order valence-corrected chi connectivity index (χ0v) is 10.5. The molecule has 83 valence electrons. The highest BCUT2D eigenvalue weighted by atomic mass is 79.9. The Morgan fingerprint density at radius 3 is 2.31 bits per heavy atom. The summed E-state index contributed by atoms with van der Waals surface area (Å²) in [7, 11) is 3.21. The highest BCUT2D eigenvalue weighted by Gasteiger charge is 2.23. The predicted molar refractivity (Wildman–Crippen MR) is 63.7 cm³/mol. The number of hydrogen-bond donors (Lipinski definition) is 0. The first-order valence-electron chi connectivity index (χ1n) is 4.65. The normalized spacial score (nSPS) is 15.9. The fourth-order valence-corrected chi connectivity index (χ4v) is 1.58. The molecule has 5 nitrogen and oxygen atoms in total. The van der Waals surface area contributed by atoms with Gasteiger partial charge in [0.1, 0.15) is 0 Å². The SMILES string of the molecule is CN1[N]C(c2ccc(Br)cc2)=NN(C)C1=O. The summed E-state index contributed by atoms with van der Waals surface area (Å²) in [6.07, 6.45) is 0. The highest BCUT2D eigenvalue weighted by Crippen LogP contribution is 2.13. The number of rotatable bonds is 1. The molecule has 2 rings (SSSR count). The minimum Gasteiger partial charge on any atom is -0.244 e. The van der Waals surface area contributed by atoms with Gasteiger partial charge in [0, 0.05) is 24.1 Å². The minimum absolute atomic E-state index is 0.249. The quantitative estimate of drug-likeness (QED) is 0.772. The molecule has 1 radical (unpaired) electrons. The van der Waals surface area contributed by atoms with Crippen molar-refractivity contribution < 1.29 is 4.79 Å². The van der Waals surface area contributed by atoms with Crippen LogP contribution in [0.5, 0.6) is 0 Å². The number of hydrogen-bond acceptors (Lipinski definition) is 2. The second-order valence-corrected chi connectivity index (χ2v) is 4.28. The third-order valence-electron chi connectivity index (χ3n) is 2.15. The first-order valence-corrected chi connectivity index (χ1v) is 5.45. The number of amides is 2. The smallest absolute Gasteiger partial charge is 0.244 e. The molecule has 1 heterocycles. The van der Waals surface area contributed by atoms with Crippen molar-refractivity contribution in [2.75, 3.05) is 14.1 Å². The second-order valence-electron chi connectivity index (χ2n) is 3.36. The summed E-state index contributed by atoms with van der Waals surface area (Å²) in [4.78, 5) is 11.4. The molecular weight excluding hydrogens is 272 g/mol. The Morgan fingerprint density at radius 1 is 1.12 bits per heavy atom. The van der Waals surface area contributed by atoms with Crippen LogP contribution in [-0.4, -0.2) is 36.0 Å². The van der Waals surface area contributed by atoms with Crippen LogP contribution in [0.15, 0.2) is 33.8 Å². The molecule has 0 spiro atoms. The van der Waals surface area contributed by atoms with E-state index in [1.165, 1.54) is 10.0 Å². The van der Waals surface area contributed by atoms with Crippen LogP contribution in [0.25, 0.3) is 0 Å². The van der Waals surface area contributed by atoms with Crippen molar-refractivity contribution in [1.82, 2.24) is 15.4 Å². The van der Waals surface area contributed by atoms with Gasteiger partial charge in [-0.05, 0) is 24.3 Å². The van der Waals surface area contributed by atoms with Crippen LogP contribution in [0.1, 0.15) is 5.56 Å². The van der Waals surface area contributed by atoms with Gasteiger partial charge in [0.2, 0.25) is 0 Å². The maximum atomic E-state index is 11.4. The van der Waals surface area contributed by atoms with Gasteiger partial charge in [-0.1, -0.05) is 15.9 Å². The van der Waals surface area contributed by atoms with Crippen molar-refractivity contribution in [3.8, 4) is 0 Å². The van der Waals surface area contributed by atoms with E-state index >= 15 is 0 Å². The fourth-order valence-electron chi connectivity index (χ4n) is 1.31. The largest absolute Gasteiger partial charge is 0.360 e. The van der Waals surface area contributed by atoms with Gasteiger partial charge in [-0.2, -0.15) is 0 Å². The Labute approximate surface area is 102 Å². The average Bonchev–Trinajstić information content (AvgIpc) is 2.26. The molecule has 1 aromatic rings. The van der Waals surface area contributed by atoms with E-state index in [2.05, 4.69) is 26.5 Å². The van der Waals surface area contributed by atoms with Crippen LogP contribution in [0.4, 0.5) is 4.79 Å². The Hall–Kier alpha value is -1.56. The van der Waals surface area contributed by atoms with Crippen molar-refractivity contribution >= 4 is 27.8 Å². The number of halogens is 1. The first kappa shape index (κ1) is 10.9. The zero-order valence-electron chi connectivity index (χ0n) is 8.88. The van der Waals surface area contributed by atoms with E-state index in [-0.39, 0.29) is 6.03 Å². The first-order chi connectivity index (χ1) is 7.58. The monoisotopic (exact) mass is 281 g/mol. The topological polar surface area (TPSA) is 50.0 Å². The maximum Gasteiger partial charge on any atom is 0.360 e. The van der Waals surface area contributed by atoms with E-state index in [1.54, 1.807) is 14.1 Å². The van der Waals surface area contributed by atoms with E-state index in [0.29, 0.717) is 5.84 Å². The summed E-state index contributed by atoms with van der Waals surface area (Å²) in [6.45, 7) is 0. The molecule has 16 heavy (non-hydrogen) atoms. The molecule has 0 atom stereocenters. The number of carbonyl (C=O) groups is 1. The molecule has 0 saturated carbocycles. The average molecular weight is 282 g/mol. The molecular formula is C10H10BrN4O. The molecule has 6 heteroatoms. The standard InChI is InChI=1S/C10H10BrN4O/c1-14-10(16)15(2)13-9(12-14)7-3-5-8(11)6-4-7/h3-6H,1-2H3. The van der Waals surface area contributed by atoms with Gasteiger partial charge in [-0.15, -0.1) is 10.5 Å². The van der Waals surface area contributed by atoms with Crippen molar-refractivity contribution in [2.45, 2.75) is 0 Å². The number of amidine groups is 1. The fraction of sp³-hybridized carbons (Fsp3) is 0.200. The van der Waals surface area contributed by atoms with Gasteiger partial charge < -0.3 is 0 Å². The van der Waals surface area contributed by atoms with E-state index < -0.39 is 0 Å². The molecule has 0 N–H and O–H groups in total. The van der Waals surface area contributed by atoms with Gasteiger partial charge in [0.25, 0.3) is 0 Å². The van der Waals surface area contributed by atoms with Crippen LogP contribution in [0.2, 0.25) is 0 Å². The molecule has 0 aromatic heterocycles. The van der Waals surface area contributed by atoms with Crippen LogP contribution < -0.4 is 5.43 Å². The molecule has 0 aliphatic carbocycles. The summed E-state index contributed by atoms with van der Waals surface area (Å²) < 4.78 is 0.991. The second kappa shape index (κ2) is 4.13. The Kier molecular flexibility index (Phi) is 2.82. The zero-order chi connectivity index (χ0) is 11.7. The van der Waals surface area contributed by atoms with Crippen molar-refractivity contribution in [3.05, 3.63) is 34.3 Å². The number of carbonyl (C=O) groups excluding carboxylic acids is 1. The van der Waals surface area contributed by atoms with E-state index in [9.17, 15) is 4.79 Å². The van der Waals surface area contributed by atoms with Crippen molar-refractivity contribution in [3.63, 3.8) is 0 Å². The van der Waals surface area contributed by atoms with Crippen LogP contribution in [-0.2, 0) is 0 Å². The molecule has 0 unspecified atom stereocenters. The van der Waals surface area contributed by atoms with Crippen molar-refractivity contribution in [2.24, 2.45) is 5.10 Å². The molecule has 0 bridgehead atoms. The van der Waals surface area contributed by atoms with Crippen molar-refractivity contribution in [1.29, 1.82) is 0 Å². The Morgan fingerprint density at radius 2 is 1.75 bits per heavy atom. The Bertz CT molecular complexity index is 443. The number of hydrazone groups is 1. The summed E-state index contributed by atoms with van der Waals surface area (Å²) in [5.41, 5.74) is 4.96. The number of nitrogens with zero attached hydrogens (tertiary/aromatic N) is 4. The van der Waals surface area contributed by atoms with Gasteiger partial charge in [-0.3, -0.25) is 0 Å². The number of urea groups is 1. The summed E-state index contributed by atoms with van der Waals surface area (Å²) in [5, 5.41) is 6.63. The molecule has 1 aromatic carbocycles. The minimum atomic E-state index is -0.249. The van der Waals surface area contributed by atoms with Crippen LogP contribution >= 0.6 is 15.9 Å². The van der Waals surface area contributed by atoms with Gasteiger partial charge in [0.15, 0.2) is 5.84 Å². The third kappa shape index (κ3) is 2.01. The highest BCUT2D eigenvalue weighted by molar-refractivity contribution is 9.10.